The van der Waals surface area contributed by atoms with Gasteiger partial charge < -0.3 is 15.8 Å². The fraction of sp³-hybridized carbons (Fsp3) is 0.333. The first kappa shape index (κ1) is 21.0. The molecule has 1 atom stereocenters. The number of nitrogens with one attached hydrogen (secondary N) is 1. The van der Waals surface area contributed by atoms with Crippen LogP contribution in [0.15, 0.2) is 60.7 Å². The number of ether oxygens (including phenoxy) is 1. The molecule has 1 amide bonds. The largest absolute Gasteiger partial charge is 0.445 e. The molecule has 0 aliphatic rings. The fourth-order valence-electron chi connectivity index (χ4n) is 2.41. The van der Waals surface area contributed by atoms with Gasteiger partial charge in [-0.3, -0.25) is 4.79 Å². The SMILES string of the molecule is N[C@@H](CCCCNC(=O)OCc1ccccc1)C(=O)SCc1ccccc1. The van der Waals surface area contributed by atoms with Gasteiger partial charge in [0.25, 0.3) is 0 Å². The van der Waals surface area contributed by atoms with Crippen LogP contribution < -0.4 is 11.1 Å². The number of alkyl carbamates (subject to hydrolysis) is 1. The molecule has 0 saturated heterocycles. The van der Waals surface area contributed by atoms with Crippen LogP contribution in [0.1, 0.15) is 30.4 Å². The van der Waals surface area contributed by atoms with Crippen LogP contribution in [-0.4, -0.2) is 23.8 Å². The second kappa shape index (κ2) is 12.1. The minimum Gasteiger partial charge on any atom is -0.445 e. The molecular weight excluding hydrogens is 360 g/mol. The molecule has 2 aromatic carbocycles. The molecule has 5 nitrogen and oxygen atoms in total. The Morgan fingerprint density at radius 2 is 1.59 bits per heavy atom. The normalized spacial score (nSPS) is 11.6. The first-order valence-electron chi connectivity index (χ1n) is 9.06. The van der Waals surface area contributed by atoms with E-state index in [4.69, 9.17) is 10.5 Å². The molecule has 0 spiro atoms. The predicted molar refractivity (Wildman–Crippen MR) is 109 cm³/mol. The number of rotatable bonds is 10. The fourth-order valence-corrected chi connectivity index (χ4v) is 3.24. The molecule has 0 aromatic heterocycles. The third-order valence-electron chi connectivity index (χ3n) is 3.95. The van der Waals surface area contributed by atoms with E-state index in [1.165, 1.54) is 11.8 Å². The van der Waals surface area contributed by atoms with Gasteiger partial charge in [-0.05, 0) is 30.4 Å². The number of hydrogen-bond donors (Lipinski definition) is 2. The van der Waals surface area contributed by atoms with Crippen LogP contribution >= 0.6 is 11.8 Å². The molecular formula is C21H26N2O3S. The van der Waals surface area contributed by atoms with Crippen molar-refractivity contribution < 1.29 is 14.3 Å². The van der Waals surface area contributed by atoms with Crippen molar-refractivity contribution >= 4 is 23.0 Å². The van der Waals surface area contributed by atoms with Crippen molar-refractivity contribution in [2.75, 3.05) is 6.54 Å². The average molecular weight is 387 g/mol. The van der Waals surface area contributed by atoms with Crippen molar-refractivity contribution in [1.82, 2.24) is 5.32 Å². The molecule has 0 bridgehead atoms. The van der Waals surface area contributed by atoms with Crippen molar-refractivity contribution in [2.45, 2.75) is 37.7 Å². The number of unbranched alkanes of at least 4 members (excludes halogenated alkanes) is 1. The van der Waals surface area contributed by atoms with Crippen LogP contribution in [0.4, 0.5) is 4.79 Å². The van der Waals surface area contributed by atoms with Crippen molar-refractivity contribution in [3.05, 3.63) is 71.8 Å². The van der Waals surface area contributed by atoms with Gasteiger partial charge in [0.2, 0.25) is 5.12 Å². The number of nitrogens with two attached hydrogens (primary N) is 1. The number of benzene rings is 2. The Kier molecular flexibility index (Phi) is 9.44. The Morgan fingerprint density at radius 3 is 2.26 bits per heavy atom. The minimum absolute atomic E-state index is 0.00841. The Morgan fingerprint density at radius 1 is 0.963 bits per heavy atom. The molecule has 2 aromatic rings. The van der Waals surface area contributed by atoms with Gasteiger partial charge in [-0.25, -0.2) is 4.79 Å². The highest BCUT2D eigenvalue weighted by molar-refractivity contribution is 8.13. The lowest BCUT2D eigenvalue weighted by Gasteiger charge is -2.10. The maximum absolute atomic E-state index is 12.1. The highest BCUT2D eigenvalue weighted by atomic mass is 32.2. The van der Waals surface area contributed by atoms with E-state index in [2.05, 4.69) is 5.32 Å². The van der Waals surface area contributed by atoms with Gasteiger partial charge in [-0.2, -0.15) is 0 Å². The van der Waals surface area contributed by atoms with Gasteiger partial charge in [0.05, 0.1) is 6.04 Å². The minimum atomic E-state index is -0.469. The topological polar surface area (TPSA) is 81.4 Å². The van der Waals surface area contributed by atoms with E-state index < -0.39 is 12.1 Å². The lowest BCUT2D eigenvalue weighted by molar-refractivity contribution is -0.112. The number of thioether (sulfide) groups is 1. The van der Waals surface area contributed by atoms with Crippen molar-refractivity contribution in [3.63, 3.8) is 0 Å². The highest BCUT2D eigenvalue weighted by Crippen LogP contribution is 2.15. The Labute approximate surface area is 164 Å². The quantitative estimate of drug-likeness (QED) is 0.606. The predicted octanol–water partition coefficient (Wildman–Crippen LogP) is 3.87. The molecule has 0 radical (unpaired) electrons. The van der Waals surface area contributed by atoms with Crippen LogP contribution in [0, 0.1) is 0 Å². The van der Waals surface area contributed by atoms with Crippen molar-refractivity contribution in [2.24, 2.45) is 5.73 Å². The molecule has 2 rings (SSSR count). The Balaban J connectivity index is 1.51. The van der Waals surface area contributed by atoms with Gasteiger partial charge >= 0.3 is 6.09 Å². The Hall–Kier alpha value is -2.31. The molecule has 144 valence electrons. The zero-order chi connectivity index (χ0) is 19.3. The summed E-state index contributed by atoms with van der Waals surface area (Å²) >= 11 is 1.26. The summed E-state index contributed by atoms with van der Waals surface area (Å²) < 4.78 is 5.14. The highest BCUT2D eigenvalue weighted by Gasteiger charge is 2.13. The van der Waals surface area contributed by atoms with Gasteiger partial charge in [0.15, 0.2) is 0 Å². The van der Waals surface area contributed by atoms with Gasteiger partial charge in [-0.15, -0.1) is 0 Å². The summed E-state index contributed by atoms with van der Waals surface area (Å²) in [5.41, 5.74) is 8.01. The van der Waals surface area contributed by atoms with Crippen molar-refractivity contribution in [1.29, 1.82) is 0 Å². The zero-order valence-electron chi connectivity index (χ0n) is 15.3. The smallest absolute Gasteiger partial charge is 0.407 e. The maximum atomic E-state index is 12.1. The number of amides is 1. The standard InChI is InChI=1S/C21H26N2O3S/c22-19(20(24)27-16-18-11-5-2-6-12-18)13-7-8-14-23-21(25)26-15-17-9-3-1-4-10-17/h1-6,9-12,19H,7-8,13-16,22H2,(H,23,25)/t19-/m0/s1. The van der Waals surface area contributed by atoms with Crippen LogP contribution in [0.3, 0.4) is 0 Å². The van der Waals surface area contributed by atoms with Crippen LogP contribution in [0.25, 0.3) is 0 Å². The summed E-state index contributed by atoms with van der Waals surface area (Å²) in [5.74, 6) is 0.641. The van der Waals surface area contributed by atoms with Crippen LogP contribution in [0.5, 0.6) is 0 Å². The number of carbonyl (C=O) groups is 2. The lowest BCUT2D eigenvalue weighted by atomic mass is 10.1. The second-order valence-electron chi connectivity index (χ2n) is 6.18. The molecule has 0 unspecified atom stereocenters. The monoisotopic (exact) mass is 386 g/mol. The van der Waals surface area contributed by atoms with Crippen LogP contribution in [0.2, 0.25) is 0 Å². The van der Waals surface area contributed by atoms with Crippen LogP contribution in [-0.2, 0) is 21.9 Å². The van der Waals surface area contributed by atoms with E-state index in [0.29, 0.717) is 18.7 Å². The second-order valence-corrected chi connectivity index (χ2v) is 7.16. The average Bonchev–Trinajstić information content (AvgIpc) is 2.71. The molecule has 0 fully saturated rings. The molecule has 3 N–H and O–H groups in total. The summed E-state index contributed by atoms with van der Waals surface area (Å²) in [6, 6.07) is 18.9. The molecule has 27 heavy (non-hydrogen) atoms. The first-order valence-corrected chi connectivity index (χ1v) is 10.0. The van der Waals surface area contributed by atoms with Gasteiger partial charge in [-0.1, -0.05) is 72.4 Å². The summed E-state index contributed by atoms with van der Waals surface area (Å²) in [4.78, 5) is 23.7. The molecule has 0 aliphatic heterocycles. The Bertz CT molecular complexity index is 695. The number of carbonyl (C=O) groups excluding carboxylic acids is 2. The van der Waals surface area contributed by atoms with Gasteiger partial charge in [0.1, 0.15) is 6.61 Å². The third-order valence-corrected chi connectivity index (χ3v) is 5.02. The molecule has 6 heteroatoms. The first-order chi connectivity index (χ1) is 13.1. The molecule has 0 aliphatic carbocycles. The third kappa shape index (κ3) is 8.75. The molecule has 0 saturated carbocycles. The summed E-state index contributed by atoms with van der Waals surface area (Å²) in [6.45, 7) is 0.760. The lowest BCUT2D eigenvalue weighted by Crippen LogP contribution is -2.29. The molecule has 0 heterocycles. The van der Waals surface area contributed by atoms with E-state index in [0.717, 1.165) is 24.0 Å². The van der Waals surface area contributed by atoms with E-state index >= 15 is 0 Å². The summed E-state index contributed by atoms with van der Waals surface area (Å²) in [6.07, 6.45) is 1.71. The maximum Gasteiger partial charge on any atom is 0.407 e. The zero-order valence-corrected chi connectivity index (χ0v) is 16.1. The van der Waals surface area contributed by atoms with E-state index in [1.807, 2.05) is 60.7 Å². The number of hydrogen-bond acceptors (Lipinski definition) is 5. The van der Waals surface area contributed by atoms with Crippen molar-refractivity contribution in [3.8, 4) is 0 Å². The summed E-state index contributed by atoms with van der Waals surface area (Å²) in [5, 5.41) is 2.72. The van der Waals surface area contributed by atoms with Gasteiger partial charge in [0, 0.05) is 12.3 Å². The van der Waals surface area contributed by atoms with E-state index in [-0.39, 0.29) is 11.7 Å². The van der Waals surface area contributed by atoms with E-state index in [9.17, 15) is 9.59 Å². The summed E-state index contributed by atoms with van der Waals surface area (Å²) in [7, 11) is 0. The van der Waals surface area contributed by atoms with E-state index in [1.54, 1.807) is 0 Å².